The van der Waals surface area contributed by atoms with Crippen LogP contribution in [-0.2, 0) is 9.59 Å². The van der Waals surface area contributed by atoms with Gasteiger partial charge >= 0.3 is 11.8 Å². The second kappa shape index (κ2) is 9.28. The van der Waals surface area contributed by atoms with E-state index in [-0.39, 0.29) is 0 Å². The van der Waals surface area contributed by atoms with E-state index in [1.165, 1.54) is 6.21 Å². The van der Waals surface area contributed by atoms with Crippen LogP contribution in [0.5, 0.6) is 0 Å². The fourth-order valence-corrected chi connectivity index (χ4v) is 3.61. The van der Waals surface area contributed by atoms with Gasteiger partial charge in [0.1, 0.15) is 0 Å². The molecule has 0 aliphatic rings. The molecule has 30 heavy (non-hydrogen) atoms. The minimum atomic E-state index is -0.869. The molecule has 0 unspecified atom stereocenters. The van der Waals surface area contributed by atoms with Crippen molar-refractivity contribution in [3.63, 3.8) is 0 Å². The maximum absolute atomic E-state index is 12.1. The highest BCUT2D eigenvalue weighted by Crippen LogP contribution is 2.22. The summed E-state index contributed by atoms with van der Waals surface area (Å²) in [5.41, 5.74) is 7.36. The van der Waals surface area contributed by atoms with Gasteiger partial charge in [-0.3, -0.25) is 9.59 Å². The Morgan fingerprint density at radius 3 is 2.57 bits per heavy atom. The lowest BCUT2D eigenvalue weighted by Gasteiger charge is -2.10. The van der Waals surface area contributed by atoms with Crippen molar-refractivity contribution in [3.05, 3.63) is 80.5 Å². The quantitative estimate of drug-likeness (QED) is 0.312. The van der Waals surface area contributed by atoms with Gasteiger partial charge in [0.25, 0.3) is 0 Å². The van der Waals surface area contributed by atoms with Gasteiger partial charge in [0.05, 0.1) is 6.21 Å². The maximum atomic E-state index is 12.1. The van der Waals surface area contributed by atoms with Crippen molar-refractivity contribution in [1.29, 1.82) is 0 Å². The van der Waals surface area contributed by atoms with Gasteiger partial charge in [-0.15, -0.1) is 0 Å². The first-order chi connectivity index (χ1) is 14.3. The molecule has 0 spiro atoms. The molecule has 8 heteroatoms. The Morgan fingerprint density at radius 1 is 1.07 bits per heavy atom. The molecule has 0 radical (unpaired) electrons. The molecule has 1 aromatic heterocycles. The van der Waals surface area contributed by atoms with Gasteiger partial charge in [0, 0.05) is 37.8 Å². The van der Waals surface area contributed by atoms with Crippen LogP contribution in [0.2, 0.25) is 5.02 Å². The molecule has 0 saturated heterocycles. The Hall–Kier alpha value is -2.90. The minimum Gasteiger partial charge on any atom is -0.318 e. The molecule has 1 heterocycles. The van der Waals surface area contributed by atoms with E-state index in [9.17, 15) is 9.59 Å². The number of halogens is 2. The first-order valence-electron chi connectivity index (χ1n) is 9.11. The third-order valence-electron chi connectivity index (χ3n) is 4.56. The maximum Gasteiger partial charge on any atom is 0.329 e. The van der Waals surface area contributed by atoms with Crippen LogP contribution < -0.4 is 10.7 Å². The predicted octanol–water partition coefficient (Wildman–Crippen LogP) is 4.91. The number of hydrazone groups is 1. The standard InChI is InChI=1S/C22H20BrClN4O2/c1-13-7-8-18(24)11-20(13)26-21(29)22(30)27-25-12-16-9-14(2)28(15(16)3)19-6-4-5-17(23)10-19/h4-12H,1-3H3,(H,26,29)(H,27,30)/b25-12-. The summed E-state index contributed by atoms with van der Waals surface area (Å²) in [5, 5.41) is 6.94. The van der Waals surface area contributed by atoms with Crippen LogP contribution in [0.15, 0.2) is 58.1 Å². The molecule has 0 atom stereocenters. The van der Waals surface area contributed by atoms with E-state index in [1.54, 1.807) is 18.2 Å². The molecule has 2 amide bonds. The molecular formula is C22H20BrClN4O2. The highest BCUT2D eigenvalue weighted by atomic mass is 79.9. The van der Waals surface area contributed by atoms with Gasteiger partial charge in [0.2, 0.25) is 0 Å². The fraction of sp³-hybridized carbons (Fsp3) is 0.136. The molecule has 154 valence electrons. The van der Waals surface area contributed by atoms with Crippen LogP contribution in [0.1, 0.15) is 22.5 Å². The number of aromatic nitrogens is 1. The van der Waals surface area contributed by atoms with Crippen LogP contribution in [0, 0.1) is 20.8 Å². The summed E-state index contributed by atoms with van der Waals surface area (Å²) in [6.45, 7) is 5.76. The number of aryl methyl sites for hydroxylation is 2. The lowest BCUT2D eigenvalue weighted by atomic mass is 10.2. The molecule has 0 fully saturated rings. The smallest absolute Gasteiger partial charge is 0.318 e. The Labute approximate surface area is 188 Å². The zero-order valence-corrected chi connectivity index (χ0v) is 19.0. The van der Waals surface area contributed by atoms with Crippen LogP contribution in [0.3, 0.4) is 0 Å². The van der Waals surface area contributed by atoms with Crippen LogP contribution >= 0.6 is 27.5 Å². The Balaban J connectivity index is 1.69. The van der Waals surface area contributed by atoms with Gasteiger partial charge in [-0.1, -0.05) is 39.7 Å². The monoisotopic (exact) mass is 486 g/mol. The Bertz CT molecular complexity index is 1150. The first kappa shape index (κ1) is 21.8. The van der Waals surface area contributed by atoms with E-state index in [4.69, 9.17) is 11.6 Å². The molecule has 0 bridgehead atoms. The number of benzene rings is 2. The lowest BCUT2D eigenvalue weighted by molar-refractivity contribution is -0.136. The van der Waals surface area contributed by atoms with E-state index in [0.717, 1.165) is 32.7 Å². The number of amides is 2. The van der Waals surface area contributed by atoms with Gasteiger partial charge in [0.15, 0.2) is 0 Å². The average Bonchev–Trinajstić information content (AvgIpc) is 2.98. The largest absolute Gasteiger partial charge is 0.329 e. The number of carbonyl (C=O) groups is 2. The second-order valence-corrected chi connectivity index (χ2v) is 8.11. The van der Waals surface area contributed by atoms with Crippen molar-refractivity contribution in [2.75, 3.05) is 5.32 Å². The molecule has 2 aromatic carbocycles. The number of carbonyl (C=O) groups excluding carboxylic acids is 2. The summed E-state index contributed by atoms with van der Waals surface area (Å²) < 4.78 is 3.07. The molecule has 3 aromatic rings. The molecular weight excluding hydrogens is 468 g/mol. The van der Waals surface area contributed by atoms with Crippen molar-refractivity contribution < 1.29 is 9.59 Å². The molecule has 0 aliphatic carbocycles. The normalized spacial score (nSPS) is 11.0. The summed E-state index contributed by atoms with van der Waals surface area (Å²) in [7, 11) is 0. The summed E-state index contributed by atoms with van der Waals surface area (Å²) in [6.07, 6.45) is 1.52. The number of hydrogen-bond donors (Lipinski definition) is 2. The van der Waals surface area contributed by atoms with Gasteiger partial charge < -0.3 is 9.88 Å². The van der Waals surface area contributed by atoms with E-state index in [1.807, 2.05) is 51.1 Å². The van der Waals surface area contributed by atoms with Crippen LogP contribution in [0.4, 0.5) is 5.69 Å². The number of rotatable bonds is 4. The summed E-state index contributed by atoms with van der Waals surface area (Å²) >= 11 is 9.42. The van der Waals surface area contributed by atoms with E-state index in [2.05, 4.69) is 36.3 Å². The van der Waals surface area contributed by atoms with Crippen LogP contribution in [-0.4, -0.2) is 22.6 Å². The van der Waals surface area contributed by atoms with Gasteiger partial charge in [-0.2, -0.15) is 5.10 Å². The number of nitrogens with zero attached hydrogens (tertiary/aromatic N) is 2. The SMILES string of the molecule is Cc1ccc(Cl)cc1NC(=O)C(=O)N/N=C\c1cc(C)n(-c2cccc(Br)c2)c1C. The highest BCUT2D eigenvalue weighted by Gasteiger charge is 2.15. The van der Waals surface area contributed by atoms with Gasteiger partial charge in [-0.25, -0.2) is 5.43 Å². The fourth-order valence-electron chi connectivity index (χ4n) is 3.05. The van der Waals surface area contributed by atoms with Crippen molar-refractivity contribution in [2.24, 2.45) is 5.10 Å². The van der Waals surface area contributed by atoms with Crippen molar-refractivity contribution in [1.82, 2.24) is 9.99 Å². The molecule has 0 saturated carbocycles. The van der Waals surface area contributed by atoms with E-state index >= 15 is 0 Å². The zero-order valence-electron chi connectivity index (χ0n) is 16.7. The predicted molar refractivity (Wildman–Crippen MR) is 123 cm³/mol. The molecule has 6 nitrogen and oxygen atoms in total. The Morgan fingerprint density at radius 2 is 1.83 bits per heavy atom. The Kier molecular flexibility index (Phi) is 6.74. The summed E-state index contributed by atoms with van der Waals surface area (Å²) in [4.78, 5) is 24.2. The first-order valence-corrected chi connectivity index (χ1v) is 10.3. The van der Waals surface area contributed by atoms with Crippen LogP contribution in [0.25, 0.3) is 5.69 Å². The zero-order chi connectivity index (χ0) is 21.8. The highest BCUT2D eigenvalue weighted by molar-refractivity contribution is 9.10. The minimum absolute atomic E-state index is 0.468. The number of nitrogens with one attached hydrogen (secondary N) is 2. The lowest BCUT2D eigenvalue weighted by Crippen LogP contribution is -2.32. The summed E-state index contributed by atoms with van der Waals surface area (Å²) in [5.74, 6) is -1.69. The topological polar surface area (TPSA) is 75.5 Å². The van der Waals surface area contributed by atoms with Gasteiger partial charge in [-0.05, 0) is 62.7 Å². The van der Waals surface area contributed by atoms with Crippen molar-refractivity contribution >= 4 is 51.2 Å². The summed E-state index contributed by atoms with van der Waals surface area (Å²) in [6, 6.07) is 15.0. The molecule has 0 aliphatic heterocycles. The number of anilines is 1. The van der Waals surface area contributed by atoms with Crippen molar-refractivity contribution in [3.8, 4) is 5.69 Å². The average molecular weight is 488 g/mol. The third-order valence-corrected chi connectivity index (χ3v) is 5.29. The van der Waals surface area contributed by atoms with Crippen molar-refractivity contribution in [2.45, 2.75) is 20.8 Å². The third kappa shape index (κ3) is 4.98. The molecule has 2 N–H and O–H groups in total. The van der Waals surface area contributed by atoms with E-state index < -0.39 is 11.8 Å². The number of hydrogen-bond acceptors (Lipinski definition) is 3. The molecule has 3 rings (SSSR count). The second-order valence-electron chi connectivity index (χ2n) is 6.75. The van der Waals surface area contributed by atoms with E-state index in [0.29, 0.717) is 10.7 Å².